The minimum absolute atomic E-state index is 0.0936. The number of fused-ring (bicyclic) bond motifs is 1. The summed E-state index contributed by atoms with van der Waals surface area (Å²) in [5.41, 5.74) is 1.85. The summed E-state index contributed by atoms with van der Waals surface area (Å²) in [4.78, 5) is 15.2. The van der Waals surface area contributed by atoms with Crippen LogP contribution in [0.2, 0.25) is 0 Å². The average Bonchev–Trinajstić information content (AvgIpc) is 2.47. The van der Waals surface area contributed by atoms with E-state index in [2.05, 4.69) is 0 Å². The van der Waals surface area contributed by atoms with Gasteiger partial charge in [-0.05, 0) is 6.07 Å². The van der Waals surface area contributed by atoms with Crippen molar-refractivity contribution in [2.24, 2.45) is 0 Å². The van der Waals surface area contributed by atoms with E-state index in [0.717, 1.165) is 11.3 Å². The highest BCUT2D eigenvalue weighted by Gasteiger charge is 2.19. The summed E-state index contributed by atoms with van der Waals surface area (Å²) in [6.45, 7) is 0.490. The van der Waals surface area contributed by atoms with Crippen molar-refractivity contribution in [3.05, 3.63) is 33.9 Å². The number of hydrogen-bond donors (Lipinski definition) is 0. The standard InChI is InChI=1S/C8H8N2O3/c1-9-8-4-7(10(11)12)3-2-6(8)5-13-9/h2-4H,5H2,1H3. The van der Waals surface area contributed by atoms with Crippen LogP contribution in [-0.4, -0.2) is 12.0 Å². The van der Waals surface area contributed by atoms with Crippen molar-refractivity contribution in [3.8, 4) is 0 Å². The van der Waals surface area contributed by atoms with Crippen molar-refractivity contribution in [1.29, 1.82) is 0 Å². The first kappa shape index (κ1) is 8.00. The lowest BCUT2D eigenvalue weighted by molar-refractivity contribution is -0.384. The fourth-order valence-electron chi connectivity index (χ4n) is 1.32. The molecule has 0 aromatic heterocycles. The van der Waals surface area contributed by atoms with Crippen molar-refractivity contribution in [2.75, 3.05) is 12.1 Å². The molecule has 0 atom stereocenters. The number of nitrogens with zero attached hydrogens (tertiary/aromatic N) is 2. The molecule has 0 unspecified atom stereocenters. The third-order valence-electron chi connectivity index (χ3n) is 2.03. The average molecular weight is 180 g/mol. The van der Waals surface area contributed by atoms with Gasteiger partial charge in [-0.3, -0.25) is 20.0 Å². The first-order valence-electron chi connectivity index (χ1n) is 3.82. The van der Waals surface area contributed by atoms with Gasteiger partial charge in [-0.15, -0.1) is 0 Å². The molecule has 1 aromatic rings. The van der Waals surface area contributed by atoms with Crippen molar-refractivity contribution in [1.82, 2.24) is 0 Å². The summed E-state index contributed by atoms with van der Waals surface area (Å²) >= 11 is 0. The number of anilines is 1. The Bertz CT molecular complexity index is 364. The van der Waals surface area contributed by atoms with Gasteiger partial charge in [0.1, 0.15) is 6.61 Å². The van der Waals surface area contributed by atoms with Crippen LogP contribution in [-0.2, 0) is 11.4 Å². The van der Waals surface area contributed by atoms with Gasteiger partial charge in [-0.25, -0.2) is 0 Å². The van der Waals surface area contributed by atoms with E-state index in [1.165, 1.54) is 12.1 Å². The number of nitro benzene ring substituents is 1. The van der Waals surface area contributed by atoms with E-state index in [1.807, 2.05) is 0 Å². The first-order chi connectivity index (χ1) is 6.18. The maximum atomic E-state index is 10.5. The van der Waals surface area contributed by atoms with E-state index < -0.39 is 4.92 Å². The lowest BCUT2D eigenvalue weighted by Gasteiger charge is -2.08. The van der Waals surface area contributed by atoms with Crippen LogP contribution in [0.15, 0.2) is 18.2 Å². The van der Waals surface area contributed by atoms with Gasteiger partial charge >= 0.3 is 0 Å². The second-order valence-corrected chi connectivity index (χ2v) is 2.84. The van der Waals surface area contributed by atoms with Gasteiger partial charge in [0.05, 0.1) is 10.6 Å². The van der Waals surface area contributed by atoms with Crippen LogP contribution in [0.25, 0.3) is 0 Å². The first-order valence-corrected chi connectivity index (χ1v) is 3.82. The van der Waals surface area contributed by atoms with E-state index in [-0.39, 0.29) is 5.69 Å². The Balaban J connectivity index is 2.47. The molecule has 0 fully saturated rings. The molecule has 1 aromatic carbocycles. The maximum absolute atomic E-state index is 10.5. The van der Waals surface area contributed by atoms with Crippen LogP contribution < -0.4 is 5.06 Å². The van der Waals surface area contributed by atoms with Crippen molar-refractivity contribution < 1.29 is 9.76 Å². The molecule has 1 aliphatic rings. The molecule has 0 spiro atoms. The lowest BCUT2D eigenvalue weighted by atomic mass is 10.2. The quantitative estimate of drug-likeness (QED) is 0.485. The molecule has 2 rings (SSSR count). The van der Waals surface area contributed by atoms with Crippen LogP contribution in [0.3, 0.4) is 0 Å². The monoisotopic (exact) mass is 180 g/mol. The zero-order valence-electron chi connectivity index (χ0n) is 7.06. The third kappa shape index (κ3) is 1.23. The zero-order valence-corrected chi connectivity index (χ0v) is 7.06. The number of non-ortho nitro benzene ring substituents is 1. The third-order valence-corrected chi connectivity index (χ3v) is 2.03. The Labute approximate surface area is 74.6 Å². The smallest absolute Gasteiger partial charge is 0.269 e. The molecule has 5 nitrogen and oxygen atoms in total. The minimum atomic E-state index is -0.410. The fourth-order valence-corrected chi connectivity index (χ4v) is 1.32. The second-order valence-electron chi connectivity index (χ2n) is 2.84. The van der Waals surface area contributed by atoms with Gasteiger partial charge in [-0.1, -0.05) is 0 Å². The molecule has 0 bridgehead atoms. The summed E-state index contributed by atoms with van der Waals surface area (Å²) in [6, 6.07) is 4.72. The Morgan fingerprint density at radius 1 is 1.62 bits per heavy atom. The molecule has 0 radical (unpaired) electrons. The zero-order chi connectivity index (χ0) is 9.42. The van der Waals surface area contributed by atoms with E-state index >= 15 is 0 Å². The number of nitro groups is 1. The van der Waals surface area contributed by atoms with Crippen LogP contribution in [0.1, 0.15) is 5.56 Å². The number of rotatable bonds is 1. The van der Waals surface area contributed by atoms with Gasteiger partial charge in [-0.2, -0.15) is 0 Å². The Hall–Kier alpha value is -1.62. The second kappa shape index (κ2) is 2.70. The Morgan fingerprint density at radius 3 is 3.08 bits per heavy atom. The molecule has 1 aliphatic heterocycles. The summed E-state index contributed by atoms with van der Waals surface area (Å²) in [5, 5.41) is 12.0. The molecule has 0 amide bonds. The van der Waals surface area contributed by atoms with Gasteiger partial charge in [0.2, 0.25) is 0 Å². The molecule has 0 aliphatic carbocycles. The van der Waals surface area contributed by atoms with Crippen LogP contribution in [0.5, 0.6) is 0 Å². The van der Waals surface area contributed by atoms with Crippen LogP contribution >= 0.6 is 0 Å². The maximum Gasteiger partial charge on any atom is 0.271 e. The highest BCUT2D eigenvalue weighted by Crippen LogP contribution is 2.30. The Kier molecular flexibility index (Phi) is 1.66. The molecular weight excluding hydrogens is 172 g/mol. The SMILES string of the molecule is CN1OCc2ccc([N+](=O)[O-])cc21. The summed E-state index contributed by atoms with van der Waals surface area (Å²) < 4.78 is 0. The van der Waals surface area contributed by atoms with Gasteiger partial charge in [0, 0.05) is 24.7 Å². The van der Waals surface area contributed by atoms with Crippen molar-refractivity contribution >= 4 is 11.4 Å². The van der Waals surface area contributed by atoms with Crippen molar-refractivity contribution in [3.63, 3.8) is 0 Å². The van der Waals surface area contributed by atoms with Crippen LogP contribution in [0.4, 0.5) is 11.4 Å². The molecule has 1 heterocycles. The highest BCUT2D eigenvalue weighted by atomic mass is 16.7. The largest absolute Gasteiger partial charge is 0.271 e. The van der Waals surface area contributed by atoms with E-state index in [0.29, 0.717) is 6.61 Å². The normalized spacial score (nSPS) is 14.4. The van der Waals surface area contributed by atoms with Gasteiger partial charge in [0.25, 0.3) is 5.69 Å². The van der Waals surface area contributed by atoms with E-state index in [4.69, 9.17) is 4.84 Å². The Morgan fingerprint density at radius 2 is 2.38 bits per heavy atom. The summed E-state index contributed by atoms with van der Waals surface area (Å²) in [5.74, 6) is 0. The lowest BCUT2D eigenvalue weighted by Crippen LogP contribution is -2.09. The molecule has 13 heavy (non-hydrogen) atoms. The molecule has 68 valence electrons. The summed E-state index contributed by atoms with van der Waals surface area (Å²) in [7, 11) is 1.73. The van der Waals surface area contributed by atoms with Crippen LogP contribution in [0, 0.1) is 10.1 Å². The molecule has 5 heteroatoms. The predicted octanol–water partition coefficient (Wildman–Crippen LogP) is 1.48. The number of benzene rings is 1. The summed E-state index contributed by atoms with van der Waals surface area (Å²) in [6.07, 6.45) is 0. The molecule has 0 N–H and O–H groups in total. The van der Waals surface area contributed by atoms with E-state index in [1.54, 1.807) is 18.2 Å². The molecule has 0 saturated heterocycles. The van der Waals surface area contributed by atoms with E-state index in [9.17, 15) is 10.1 Å². The molecule has 0 saturated carbocycles. The van der Waals surface area contributed by atoms with Gasteiger partial charge < -0.3 is 0 Å². The minimum Gasteiger partial charge on any atom is -0.269 e. The predicted molar refractivity (Wildman–Crippen MR) is 46.3 cm³/mol. The molecular formula is C8H8N2O3. The van der Waals surface area contributed by atoms with Gasteiger partial charge in [0.15, 0.2) is 0 Å². The topological polar surface area (TPSA) is 55.6 Å². The van der Waals surface area contributed by atoms with Crippen molar-refractivity contribution in [2.45, 2.75) is 6.61 Å². The fraction of sp³-hybridized carbons (Fsp3) is 0.250. The highest BCUT2D eigenvalue weighted by molar-refractivity contribution is 5.58. The number of hydrogen-bond acceptors (Lipinski definition) is 4. The number of hydroxylamine groups is 1.